The summed E-state index contributed by atoms with van der Waals surface area (Å²) >= 11 is 0. The Labute approximate surface area is 155 Å². The van der Waals surface area contributed by atoms with E-state index >= 15 is 0 Å². The van der Waals surface area contributed by atoms with Gasteiger partial charge in [-0.1, -0.05) is 6.92 Å². The molecule has 1 aromatic carbocycles. The predicted octanol–water partition coefficient (Wildman–Crippen LogP) is 0.502. The van der Waals surface area contributed by atoms with Gasteiger partial charge in [-0.15, -0.1) is 0 Å². The number of carbonyl (C=O) groups is 4. The van der Waals surface area contributed by atoms with Gasteiger partial charge in [-0.2, -0.15) is 0 Å². The van der Waals surface area contributed by atoms with Crippen LogP contribution in [0.4, 0.5) is 4.39 Å². The van der Waals surface area contributed by atoms with Crippen molar-refractivity contribution in [3.05, 3.63) is 35.6 Å². The molecule has 7 nitrogen and oxygen atoms in total. The van der Waals surface area contributed by atoms with Gasteiger partial charge in [-0.05, 0) is 30.7 Å². The van der Waals surface area contributed by atoms with E-state index < -0.39 is 41.0 Å². The van der Waals surface area contributed by atoms with Crippen LogP contribution >= 0.6 is 0 Å². The van der Waals surface area contributed by atoms with Crippen LogP contribution in [0.15, 0.2) is 24.3 Å². The van der Waals surface area contributed by atoms with Gasteiger partial charge in [0.15, 0.2) is 0 Å². The molecule has 3 saturated heterocycles. The summed E-state index contributed by atoms with van der Waals surface area (Å²) in [7, 11) is 3.04. The van der Waals surface area contributed by atoms with Crippen LogP contribution in [-0.2, 0) is 14.4 Å². The predicted molar refractivity (Wildman–Crippen MR) is 91.8 cm³/mol. The Balaban J connectivity index is 1.89. The number of piperazine rings is 1. The van der Waals surface area contributed by atoms with Crippen LogP contribution < -0.4 is 0 Å². The number of nitrogens with zero attached hydrogens (tertiary/aromatic N) is 3. The largest absolute Gasteiger partial charge is 0.342 e. The van der Waals surface area contributed by atoms with E-state index in [4.69, 9.17) is 0 Å². The fourth-order valence-electron chi connectivity index (χ4n) is 5.06. The number of imide groups is 1. The van der Waals surface area contributed by atoms with Gasteiger partial charge in [0.25, 0.3) is 5.91 Å². The lowest BCUT2D eigenvalue weighted by molar-refractivity contribution is -0.155. The van der Waals surface area contributed by atoms with Crippen molar-refractivity contribution in [2.24, 2.45) is 11.8 Å². The van der Waals surface area contributed by atoms with Gasteiger partial charge in [-0.3, -0.25) is 24.1 Å². The summed E-state index contributed by atoms with van der Waals surface area (Å²) in [6, 6.07) is 4.48. The highest BCUT2D eigenvalue weighted by Gasteiger charge is 2.74. The highest BCUT2D eigenvalue weighted by molar-refractivity contribution is 6.13. The number of likely N-dealkylation sites (tertiary alicyclic amines) is 2. The number of likely N-dealkylation sites (N-methyl/N-ethyl adjacent to an activating group) is 1. The van der Waals surface area contributed by atoms with Crippen LogP contribution in [0.3, 0.4) is 0 Å². The number of rotatable bonds is 2. The van der Waals surface area contributed by atoms with Crippen LogP contribution in [0.25, 0.3) is 0 Å². The molecule has 0 unspecified atom stereocenters. The smallest absolute Gasteiger partial charge is 0.255 e. The monoisotopic (exact) mass is 373 g/mol. The van der Waals surface area contributed by atoms with Crippen molar-refractivity contribution in [2.45, 2.75) is 24.9 Å². The zero-order chi connectivity index (χ0) is 19.7. The number of hydrogen-bond acceptors (Lipinski definition) is 4. The van der Waals surface area contributed by atoms with Crippen molar-refractivity contribution in [3.8, 4) is 0 Å². The number of hydrogen-bond donors (Lipinski definition) is 0. The van der Waals surface area contributed by atoms with Gasteiger partial charge in [0, 0.05) is 26.2 Å². The SMILES string of the molecule is CC[C@]12C(=O)N(C)C[C@H]([C@@H]3C(=O)N(C)C(=O)[C@@H]31)N2C(=O)c1ccc(F)cc1. The van der Waals surface area contributed by atoms with Crippen LogP contribution in [-0.4, -0.2) is 70.5 Å². The molecular formula is C19H20FN3O4. The fraction of sp³-hybridized carbons (Fsp3) is 0.474. The third-order valence-corrected chi connectivity index (χ3v) is 6.29. The summed E-state index contributed by atoms with van der Waals surface area (Å²) < 4.78 is 13.3. The Morgan fingerprint density at radius 1 is 1.15 bits per heavy atom. The van der Waals surface area contributed by atoms with E-state index in [9.17, 15) is 23.6 Å². The average molecular weight is 373 g/mol. The molecule has 3 fully saturated rings. The normalized spacial score (nSPS) is 32.4. The molecule has 3 aliphatic rings. The van der Waals surface area contributed by atoms with E-state index in [2.05, 4.69) is 0 Å². The second-order valence-corrected chi connectivity index (χ2v) is 7.45. The molecule has 4 rings (SSSR count). The van der Waals surface area contributed by atoms with E-state index in [-0.39, 0.29) is 30.3 Å². The van der Waals surface area contributed by atoms with E-state index in [1.165, 1.54) is 41.1 Å². The first-order valence-corrected chi connectivity index (χ1v) is 8.92. The van der Waals surface area contributed by atoms with E-state index in [1.807, 2.05) is 0 Å². The lowest BCUT2D eigenvalue weighted by atomic mass is 9.78. The highest BCUT2D eigenvalue weighted by atomic mass is 19.1. The van der Waals surface area contributed by atoms with Gasteiger partial charge in [0.1, 0.15) is 11.4 Å². The molecule has 8 heteroatoms. The van der Waals surface area contributed by atoms with Crippen molar-refractivity contribution >= 4 is 23.6 Å². The Morgan fingerprint density at radius 2 is 1.78 bits per heavy atom. The van der Waals surface area contributed by atoms with Crippen molar-refractivity contribution < 1.29 is 23.6 Å². The summed E-state index contributed by atoms with van der Waals surface area (Å²) in [4.78, 5) is 56.1. The Hall–Kier alpha value is -2.77. The second kappa shape index (κ2) is 5.61. The molecule has 142 valence electrons. The minimum atomic E-state index is -1.40. The number of amides is 4. The Morgan fingerprint density at radius 3 is 2.37 bits per heavy atom. The summed E-state index contributed by atoms with van der Waals surface area (Å²) in [6.07, 6.45) is 0.216. The van der Waals surface area contributed by atoms with E-state index in [0.29, 0.717) is 0 Å². The molecular weight excluding hydrogens is 353 g/mol. The third kappa shape index (κ3) is 2.01. The number of benzene rings is 1. The maximum Gasteiger partial charge on any atom is 0.255 e. The van der Waals surface area contributed by atoms with Crippen LogP contribution in [0.2, 0.25) is 0 Å². The third-order valence-electron chi connectivity index (χ3n) is 6.29. The zero-order valence-corrected chi connectivity index (χ0v) is 15.3. The molecule has 2 bridgehead atoms. The summed E-state index contributed by atoms with van der Waals surface area (Å²) in [5.41, 5.74) is -1.17. The summed E-state index contributed by atoms with van der Waals surface area (Å²) in [5.74, 6) is -3.66. The lowest BCUT2D eigenvalue weighted by Crippen LogP contribution is -2.68. The first kappa shape index (κ1) is 17.6. The Kier molecular flexibility index (Phi) is 3.66. The minimum Gasteiger partial charge on any atom is -0.342 e. The maximum atomic E-state index is 13.3. The van der Waals surface area contributed by atoms with Crippen LogP contribution in [0, 0.1) is 17.7 Å². The first-order chi connectivity index (χ1) is 12.8. The van der Waals surface area contributed by atoms with Crippen LogP contribution in [0.5, 0.6) is 0 Å². The molecule has 1 aromatic rings. The van der Waals surface area contributed by atoms with Gasteiger partial charge < -0.3 is 9.80 Å². The molecule has 3 heterocycles. The molecule has 0 aromatic heterocycles. The van der Waals surface area contributed by atoms with Gasteiger partial charge in [-0.25, -0.2) is 4.39 Å². The topological polar surface area (TPSA) is 78.0 Å². The standard InChI is InChI=1S/C19H20FN3O4/c1-4-19-14-13(16(25)22(3)17(14)26)12(9-21(2)18(19)27)23(19)15(24)10-5-7-11(20)8-6-10/h5-8,12-14H,4,9H2,1-3H3/t12-,13+,14-,19-/m1/s1. The molecule has 3 aliphatic heterocycles. The van der Waals surface area contributed by atoms with Crippen molar-refractivity contribution in [1.82, 2.24) is 14.7 Å². The zero-order valence-electron chi connectivity index (χ0n) is 15.3. The highest BCUT2D eigenvalue weighted by Crippen LogP contribution is 2.53. The first-order valence-electron chi connectivity index (χ1n) is 8.92. The van der Waals surface area contributed by atoms with Gasteiger partial charge in [0.05, 0.1) is 17.9 Å². The minimum absolute atomic E-state index is 0.182. The molecule has 0 aliphatic carbocycles. The molecule has 0 saturated carbocycles. The molecule has 0 spiro atoms. The molecule has 4 amide bonds. The number of halogens is 1. The van der Waals surface area contributed by atoms with Crippen LogP contribution in [0.1, 0.15) is 23.7 Å². The average Bonchev–Trinajstić information content (AvgIpc) is 3.03. The van der Waals surface area contributed by atoms with Gasteiger partial charge >= 0.3 is 0 Å². The van der Waals surface area contributed by atoms with Crippen molar-refractivity contribution in [3.63, 3.8) is 0 Å². The van der Waals surface area contributed by atoms with E-state index in [0.717, 1.165) is 4.90 Å². The molecule has 27 heavy (non-hydrogen) atoms. The number of fused-ring (bicyclic) bond motifs is 5. The fourth-order valence-corrected chi connectivity index (χ4v) is 5.06. The molecule has 0 N–H and O–H groups in total. The van der Waals surface area contributed by atoms with Crippen molar-refractivity contribution in [1.29, 1.82) is 0 Å². The lowest BCUT2D eigenvalue weighted by Gasteiger charge is -2.48. The summed E-state index contributed by atoms with van der Waals surface area (Å²) in [6.45, 7) is 1.93. The maximum absolute atomic E-state index is 13.3. The van der Waals surface area contributed by atoms with Gasteiger partial charge in [0.2, 0.25) is 17.7 Å². The number of carbonyl (C=O) groups excluding carboxylic acids is 4. The summed E-state index contributed by atoms with van der Waals surface area (Å²) in [5, 5.41) is 0. The van der Waals surface area contributed by atoms with E-state index in [1.54, 1.807) is 14.0 Å². The second-order valence-electron chi connectivity index (χ2n) is 7.45. The Bertz CT molecular complexity index is 870. The van der Waals surface area contributed by atoms with Crippen molar-refractivity contribution in [2.75, 3.05) is 20.6 Å². The quantitative estimate of drug-likeness (QED) is 0.708. The molecule has 0 radical (unpaired) electrons. The molecule has 4 atom stereocenters.